The number of allylic oxidation sites excluding steroid dienone is 1. The first-order valence-electron chi connectivity index (χ1n) is 7.78. The van der Waals surface area contributed by atoms with Crippen LogP contribution in [0.15, 0.2) is 36.4 Å². The third-order valence-electron chi connectivity index (χ3n) is 3.86. The summed E-state index contributed by atoms with van der Waals surface area (Å²) in [5, 5.41) is 4.48. The summed E-state index contributed by atoms with van der Waals surface area (Å²) >= 11 is 0. The van der Waals surface area contributed by atoms with Gasteiger partial charge < -0.3 is 10.6 Å². The summed E-state index contributed by atoms with van der Waals surface area (Å²) < 4.78 is 36.4. The molecular weight excluding hydrogens is 321 g/mol. The standard InChI is InChI=1S/C17H19F3N2O2/c18-17(19,20)16(24)22-14-8-5-13(6-9-14)11-21-15(23)10-7-12-3-1-2-4-12/h5-10,12H,1-4,11H2,(H,21,23)(H,22,24)/b10-7+. The molecule has 7 heteroatoms. The molecule has 24 heavy (non-hydrogen) atoms. The topological polar surface area (TPSA) is 58.2 Å². The number of hydrogen-bond donors (Lipinski definition) is 2. The second kappa shape index (κ2) is 7.99. The van der Waals surface area contributed by atoms with Crippen LogP contribution in [-0.2, 0) is 16.1 Å². The maximum absolute atomic E-state index is 12.1. The molecule has 1 aromatic rings. The summed E-state index contributed by atoms with van der Waals surface area (Å²) in [6.45, 7) is 0.265. The smallest absolute Gasteiger partial charge is 0.348 e. The lowest BCUT2D eigenvalue weighted by Gasteiger charge is -2.09. The van der Waals surface area contributed by atoms with Gasteiger partial charge in [0, 0.05) is 12.2 Å². The molecule has 0 atom stereocenters. The van der Waals surface area contributed by atoms with Crippen molar-refractivity contribution < 1.29 is 22.8 Å². The summed E-state index contributed by atoms with van der Waals surface area (Å²) in [6, 6.07) is 5.82. The molecule has 0 aliphatic heterocycles. The molecule has 0 bridgehead atoms. The highest BCUT2D eigenvalue weighted by Crippen LogP contribution is 2.25. The molecule has 4 nitrogen and oxygen atoms in total. The zero-order chi connectivity index (χ0) is 17.6. The van der Waals surface area contributed by atoms with Crippen LogP contribution in [0, 0.1) is 5.92 Å². The van der Waals surface area contributed by atoms with Gasteiger partial charge in [0.25, 0.3) is 0 Å². The lowest BCUT2D eigenvalue weighted by atomic mass is 10.1. The molecule has 0 radical (unpaired) electrons. The fourth-order valence-corrected chi connectivity index (χ4v) is 2.53. The number of alkyl halides is 3. The van der Waals surface area contributed by atoms with Crippen molar-refractivity contribution >= 4 is 17.5 Å². The zero-order valence-electron chi connectivity index (χ0n) is 13.0. The number of anilines is 1. The molecule has 130 valence electrons. The van der Waals surface area contributed by atoms with E-state index in [-0.39, 0.29) is 18.1 Å². The first kappa shape index (κ1) is 18.0. The fourth-order valence-electron chi connectivity index (χ4n) is 2.53. The second-order valence-corrected chi connectivity index (χ2v) is 5.77. The Labute approximate surface area is 138 Å². The van der Waals surface area contributed by atoms with Crippen LogP contribution in [-0.4, -0.2) is 18.0 Å². The number of hydrogen-bond acceptors (Lipinski definition) is 2. The van der Waals surface area contributed by atoms with Crippen molar-refractivity contribution in [3.05, 3.63) is 42.0 Å². The van der Waals surface area contributed by atoms with Gasteiger partial charge in [-0.25, -0.2) is 0 Å². The number of amides is 2. The van der Waals surface area contributed by atoms with Crippen molar-refractivity contribution in [2.24, 2.45) is 5.92 Å². The Morgan fingerprint density at radius 1 is 1.12 bits per heavy atom. The third-order valence-corrected chi connectivity index (χ3v) is 3.86. The van der Waals surface area contributed by atoms with Crippen LogP contribution in [0.4, 0.5) is 18.9 Å². The maximum Gasteiger partial charge on any atom is 0.471 e. The summed E-state index contributed by atoms with van der Waals surface area (Å²) in [7, 11) is 0. The number of benzene rings is 1. The fraction of sp³-hybridized carbons (Fsp3) is 0.412. The predicted molar refractivity (Wildman–Crippen MR) is 84.1 cm³/mol. The highest BCUT2D eigenvalue weighted by atomic mass is 19.4. The van der Waals surface area contributed by atoms with Crippen LogP contribution in [0.1, 0.15) is 31.2 Å². The summed E-state index contributed by atoms with van der Waals surface area (Å²) in [5.41, 5.74) is 0.774. The monoisotopic (exact) mass is 340 g/mol. The van der Waals surface area contributed by atoms with E-state index in [4.69, 9.17) is 0 Å². The van der Waals surface area contributed by atoms with Gasteiger partial charge in [0.05, 0.1) is 0 Å². The van der Waals surface area contributed by atoms with Crippen molar-refractivity contribution in [2.45, 2.75) is 38.4 Å². The Hall–Kier alpha value is -2.31. The molecule has 0 saturated heterocycles. The zero-order valence-corrected chi connectivity index (χ0v) is 13.0. The average molecular weight is 340 g/mol. The van der Waals surface area contributed by atoms with Crippen molar-refractivity contribution in [1.29, 1.82) is 0 Å². The molecule has 1 aliphatic rings. The highest BCUT2D eigenvalue weighted by molar-refractivity contribution is 5.94. The molecule has 2 amide bonds. The van der Waals surface area contributed by atoms with E-state index in [1.54, 1.807) is 17.4 Å². The van der Waals surface area contributed by atoms with Crippen LogP contribution < -0.4 is 10.6 Å². The number of carbonyl (C=O) groups excluding carboxylic acids is 2. The van der Waals surface area contributed by atoms with E-state index < -0.39 is 12.1 Å². The van der Waals surface area contributed by atoms with Crippen molar-refractivity contribution in [3.63, 3.8) is 0 Å². The van der Waals surface area contributed by atoms with Crippen LogP contribution in [0.3, 0.4) is 0 Å². The molecule has 0 spiro atoms. The first-order valence-corrected chi connectivity index (χ1v) is 7.78. The minimum Gasteiger partial charge on any atom is -0.348 e. The highest BCUT2D eigenvalue weighted by Gasteiger charge is 2.38. The first-order chi connectivity index (χ1) is 11.3. The minimum atomic E-state index is -4.92. The Morgan fingerprint density at radius 3 is 2.33 bits per heavy atom. The molecule has 0 unspecified atom stereocenters. The Kier molecular flexibility index (Phi) is 6.00. The number of rotatable bonds is 5. The number of nitrogens with one attached hydrogen (secondary N) is 2. The SMILES string of the molecule is O=C(/C=C/C1CCCC1)NCc1ccc(NC(=O)C(F)(F)F)cc1. The molecule has 1 fully saturated rings. The van der Waals surface area contributed by atoms with Gasteiger partial charge in [-0.15, -0.1) is 0 Å². The molecule has 2 N–H and O–H groups in total. The van der Waals surface area contributed by atoms with Crippen LogP contribution in [0.25, 0.3) is 0 Å². The minimum absolute atomic E-state index is 0.0496. The molecule has 0 heterocycles. The normalized spacial score (nSPS) is 15.6. The Morgan fingerprint density at radius 2 is 1.75 bits per heavy atom. The average Bonchev–Trinajstić information content (AvgIpc) is 3.04. The molecule has 1 saturated carbocycles. The van der Waals surface area contributed by atoms with Gasteiger partial charge in [-0.05, 0) is 42.5 Å². The summed E-state index contributed by atoms with van der Waals surface area (Å²) in [5.74, 6) is -1.73. The van der Waals surface area contributed by atoms with Gasteiger partial charge in [0.15, 0.2) is 0 Å². The Bertz CT molecular complexity index is 603. The lowest BCUT2D eigenvalue weighted by Crippen LogP contribution is -2.29. The van der Waals surface area contributed by atoms with E-state index in [0.717, 1.165) is 18.4 Å². The number of halogens is 3. The van der Waals surface area contributed by atoms with Gasteiger partial charge in [-0.2, -0.15) is 13.2 Å². The predicted octanol–water partition coefficient (Wildman–Crippen LogP) is 3.55. The number of carbonyl (C=O) groups is 2. The molecule has 1 aromatic carbocycles. The second-order valence-electron chi connectivity index (χ2n) is 5.77. The van der Waals surface area contributed by atoms with Gasteiger partial charge in [0.1, 0.15) is 0 Å². The van der Waals surface area contributed by atoms with E-state index in [0.29, 0.717) is 5.92 Å². The quantitative estimate of drug-likeness (QED) is 0.806. The van der Waals surface area contributed by atoms with E-state index in [1.165, 1.54) is 31.1 Å². The van der Waals surface area contributed by atoms with Gasteiger partial charge in [0.2, 0.25) is 5.91 Å². The van der Waals surface area contributed by atoms with Crippen LogP contribution >= 0.6 is 0 Å². The largest absolute Gasteiger partial charge is 0.471 e. The van der Waals surface area contributed by atoms with Crippen molar-refractivity contribution in [1.82, 2.24) is 5.32 Å². The molecular formula is C17H19F3N2O2. The van der Waals surface area contributed by atoms with Crippen molar-refractivity contribution in [3.8, 4) is 0 Å². The van der Waals surface area contributed by atoms with E-state index >= 15 is 0 Å². The third kappa shape index (κ3) is 5.72. The van der Waals surface area contributed by atoms with Gasteiger partial charge >= 0.3 is 12.1 Å². The van der Waals surface area contributed by atoms with Crippen LogP contribution in [0.2, 0.25) is 0 Å². The maximum atomic E-state index is 12.1. The molecule has 2 rings (SSSR count). The van der Waals surface area contributed by atoms with E-state index in [9.17, 15) is 22.8 Å². The summed E-state index contributed by atoms with van der Waals surface area (Å²) in [4.78, 5) is 22.5. The van der Waals surface area contributed by atoms with Crippen LogP contribution in [0.5, 0.6) is 0 Å². The van der Waals surface area contributed by atoms with Gasteiger partial charge in [-0.1, -0.05) is 31.1 Å². The molecule has 1 aliphatic carbocycles. The van der Waals surface area contributed by atoms with E-state index in [1.807, 2.05) is 6.08 Å². The van der Waals surface area contributed by atoms with E-state index in [2.05, 4.69) is 5.32 Å². The van der Waals surface area contributed by atoms with Crippen molar-refractivity contribution in [2.75, 3.05) is 5.32 Å². The lowest BCUT2D eigenvalue weighted by molar-refractivity contribution is -0.167. The summed E-state index contributed by atoms with van der Waals surface area (Å²) in [6.07, 6.45) is 3.19. The molecule has 0 aromatic heterocycles. The van der Waals surface area contributed by atoms with Gasteiger partial charge in [-0.3, -0.25) is 9.59 Å². The Balaban J connectivity index is 1.79.